The highest BCUT2D eigenvalue weighted by Gasteiger charge is 2.29. The maximum Gasteiger partial charge on any atom is 0.0733 e. The van der Waals surface area contributed by atoms with Gasteiger partial charge < -0.3 is 10.5 Å². The molecule has 2 atom stereocenters. The first-order valence-corrected chi connectivity index (χ1v) is 4.98. The summed E-state index contributed by atoms with van der Waals surface area (Å²) < 4.78 is 5.94. The molecule has 1 rings (SSSR count). The molecule has 2 nitrogen and oxygen atoms in total. The first-order valence-electron chi connectivity index (χ1n) is 4.98. The molecule has 72 valence electrons. The zero-order valence-electron chi connectivity index (χ0n) is 8.47. The highest BCUT2D eigenvalue weighted by molar-refractivity contribution is 4.83. The highest BCUT2D eigenvalue weighted by Crippen LogP contribution is 2.26. The molecule has 1 saturated carbocycles. The van der Waals surface area contributed by atoms with Gasteiger partial charge in [0.2, 0.25) is 0 Å². The molecule has 1 fully saturated rings. The van der Waals surface area contributed by atoms with Crippen molar-refractivity contribution in [1.82, 2.24) is 0 Å². The van der Waals surface area contributed by atoms with Gasteiger partial charge in [0.15, 0.2) is 0 Å². The van der Waals surface area contributed by atoms with E-state index in [2.05, 4.69) is 20.8 Å². The highest BCUT2D eigenvalue weighted by atomic mass is 16.5. The minimum atomic E-state index is 0.00657. The molecule has 0 spiro atoms. The van der Waals surface area contributed by atoms with Gasteiger partial charge in [0, 0.05) is 6.04 Å². The Kier molecular flexibility index (Phi) is 3.13. The van der Waals surface area contributed by atoms with E-state index in [9.17, 15) is 0 Å². The Hall–Kier alpha value is -0.0800. The summed E-state index contributed by atoms with van der Waals surface area (Å²) in [5, 5.41) is 0. The van der Waals surface area contributed by atoms with Crippen LogP contribution >= 0.6 is 0 Å². The lowest BCUT2D eigenvalue weighted by molar-refractivity contribution is -0.0755. The number of ether oxygens (including phenoxy) is 1. The average Bonchev–Trinajstić information content (AvgIpc) is 2.36. The maximum atomic E-state index is 5.94. The molecule has 12 heavy (non-hydrogen) atoms. The lowest BCUT2D eigenvalue weighted by atomic mass is 10.1. The Morgan fingerprint density at radius 1 is 1.42 bits per heavy atom. The molecule has 1 aliphatic carbocycles. The molecule has 2 heteroatoms. The minimum Gasteiger partial charge on any atom is -0.371 e. The zero-order chi connectivity index (χ0) is 9.19. The second-order valence-electron chi connectivity index (χ2n) is 4.36. The van der Waals surface area contributed by atoms with Crippen LogP contribution in [0, 0.1) is 0 Å². The van der Waals surface area contributed by atoms with Crippen molar-refractivity contribution in [3.05, 3.63) is 0 Å². The van der Waals surface area contributed by atoms with Gasteiger partial charge in [-0.2, -0.15) is 0 Å². The number of rotatable bonds is 3. The van der Waals surface area contributed by atoms with E-state index < -0.39 is 0 Å². The topological polar surface area (TPSA) is 35.2 Å². The fourth-order valence-corrected chi connectivity index (χ4v) is 1.59. The molecule has 0 aromatic heterocycles. The van der Waals surface area contributed by atoms with Crippen LogP contribution in [0.1, 0.15) is 46.5 Å². The largest absolute Gasteiger partial charge is 0.371 e. The summed E-state index contributed by atoms with van der Waals surface area (Å²) in [6.07, 6.45) is 4.86. The molecule has 0 aromatic carbocycles. The lowest BCUT2D eigenvalue weighted by Crippen LogP contribution is -2.38. The summed E-state index contributed by atoms with van der Waals surface area (Å²) in [6.45, 7) is 6.43. The first kappa shape index (κ1) is 10.0. The lowest BCUT2D eigenvalue weighted by Gasteiger charge is -2.29. The van der Waals surface area contributed by atoms with Crippen LogP contribution in [0.15, 0.2) is 0 Å². The molecule has 0 aromatic rings. The summed E-state index contributed by atoms with van der Waals surface area (Å²) in [5.41, 5.74) is 5.92. The molecule has 0 amide bonds. The Labute approximate surface area is 75.5 Å². The minimum absolute atomic E-state index is 0.00657. The van der Waals surface area contributed by atoms with Crippen molar-refractivity contribution in [2.24, 2.45) is 5.73 Å². The van der Waals surface area contributed by atoms with Crippen LogP contribution in [0.2, 0.25) is 0 Å². The van der Waals surface area contributed by atoms with Gasteiger partial charge in [-0.15, -0.1) is 0 Å². The van der Waals surface area contributed by atoms with E-state index >= 15 is 0 Å². The Morgan fingerprint density at radius 3 is 2.50 bits per heavy atom. The van der Waals surface area contributed by atoms with Crippen LogP contribution in [0.25, 0.3) is 0 Å². The van der Waals surface area contributed by atoms with E-state index in [-0.39, 0.29) is 11.6 Å². The third-order valence-corrected chi connectivity index (χ3v) is 2.83. The van der Waals surface area contributed by atoms with Crippen LogP contribution in [0.3, 0.4) is 0 Å². The Bertz CT molecular complexity index is 145. The quantitative estimate of drug-likeness (QED) is 0.705. The van der Waals surface area contributed by atoms with Crippen molar-refractivity contribution in [1.29, 1.82) is 0 Å². The van der Waals surface area contributed by atoms with E-state index in [0.29, 0.717) is 6.10 Å². The van der Waals surface area contributed by atoms with E-state index in [1.807, 2.05) is 0 Å². The van der Waals surface area contributed by atoms with Gasteiger partial charge in [-0.05, 0) is 39.5 Å². The summed E-state index contributed by atoms with van der Waals surface area (Å²) >= 11 is 0. The smallest absolute Gasteiger partial charge is 0.0733 e. The van der Waals surface area contributed by atoms with Crippen molar-refractivity contribution in [2.45, 2.75) is 64.2 Å². The Balaban J connectivity index is 2.39. The monoisotopic (exact) mass is 171 g/mol. The number of nitrogens with two attached hydrogens (primary N) is 1. The fraction of sp³-hybridized carbons (Fsp3) is 1.00. The van der Waals surface area contributed by atoms with E-state index in [1.54, 1.807) is 0 Å². The number of hydrogen-bond acceptors (Lipinski definition) is 2. The van der Waals surface area contributed by atoms with Crippen molar-refractivity contribution in [2.75, 3.05) is 0 Å². The van der Waals surface area contributed by atoms with Gasteiger partial charge in [-0.1, -0.05) is 6.92 Å². The molecular weight excluding hydrogens is 150 g/mol. The van der Waals surface area contributed by atoms with E-state index in [0.717, 1.165) is 19.3 Å². The molecule has 0 bridgehead atoms. The molecule has 1 aliphatic rings. The predicted octanol–water partition coefficient (Wildman–Crippen LogP) is 2.07. The summed E-state index contributed by atoms with van der Waals surface area (Å²) in [7, 11) is 0. The molecule has 0 heterocycles. The van der Waals surface area contributed by atoms with Crippen molar-refractivity contribution < 1.29 is 4.74 Å². The van der Waals surface area contributed by atoms with E-state index in [4.69, 9.17) is 10.5 Å². The first-order chi connectivity index (χ1) is 5.55. The van der Waals surface area contributed by atoms with Crippen molar-refractivity contribution in [3.8, 4) is 0 Å². The van der Waals surface area contributed by atoms with Gasteiger partial charge in [-0.25, -0.2) is 0 Å². The fourth-order valence-electron chi connectivity index (χ4n) is 1.59. The molecule has 0 radical (unpaired) electrons. The third-order valence-electron chi connectivity index (χ3n) is 2.83. The van der Waals surface area contributed by atoms with Gasteiger partial charge >= 0.3 is 0 Å². The van der Waals surface area contributed by atoms with Crippen LogP contribution in [-0.4, -0.2) is 17.7 Å². The van der Waals surface area contributed by atoms with Gasteiger partial charge in [0.05, 0.1) is 11.7 Å². The second kappa shape index (κ2) is 3.75. The van der Waals surface area contributed by atoms with Gasteiger partial charge in [0.25, 0.3) is 0 Å². The van der Waals surface area contributed by atoms with Gasteiger partial charge in [0.1, 0.15) is 0 Å². The summed E-state index contributed by atoms with van der Waals surface area (Å²) in [4.78, 5) is 0. The van der Waals surface area contributed by atoms with Crippen molar-refractivity contribution in [3.63, 3.8) is 0 Å². The number of hydrogen-bond donors (Lipinski definition) is 1. The molecule has 2 N–H and O–H groups in total. The normalized spacial score (nSPS) is 31.0. The van der Waals surface area contributed by atoms with E-state index in [1.165, 1.54) is 6.42 Å². The molecule has 2 unspecified atom stereocenters. The Morgan fingerprint density at radius 2 is 2.08 bits per heavy atom. The van der Waals surface area contributed by atoms with Crippen molar-refractivity contribution >= 4 is 0 Å². The second-order valence-corrected chi connectivity index (χ2v) is 4.36. The van der Waals surface area contributed by atoms with Crippen LogP contribution in [0.5, 0.6) is 0 Å². The predicted molar refractivity (Wildman–Crippen MR) is 51.1 cm³/mol. The van der Waals surface area contributed by atoms with Crippen LogP contribution in [0.4, 0.5) is 0 Å². The summed E-state index contributed by atoms with van der Waals surface area (Å²) in [5.74, 6) is 0. The van der Waals surface area contributed by atoms with Crippen LogP contribution < -0.4 is 5.73 Å². The molecule has 0 saturated heterocycles. The third kappa shape index (κ3) is 2.46. The molecular formula is C10H21NO. The average molecular weight is 171 g/mol. The standard InChI is InChI=1S/C10H21NO/c1-4-10(2,3)12-9-7-5-6-8(9)11/h8-9H,4-7,11H2,1-3H3. The van der Waals surface area contributed by atoms with Gasteiger partial charge in [-0.3, -0.25) is 0 Å². The van der Waals surface area contributed by atoms with Crippen LogP contribution in [-0.2, 0) is 4.74 Å². The maximum absolute atomic E-state index is 5.94. The SMILES string of the molecule is CCC(C)(C)OC1CCCC1N. The molecule has 0 aliphatic heterocycles. The summed E-state index contributed by atoms with van der Waals surface area (Å²) in [6, 6.07) is 0.274. The zero-order valence-corrected chi connectivity index (χ0v) is 8.47.